The van der Waals surface area contributed by atoms with E-state index in [2.05, 4.69) is 394 Å². The van der Waals surface area contributed by atoms with E-state index < -0.39 is 0 Å². The molecule has 0 fully saturated rings. The number of hydrogen-bond donors (Lipinski definition) is 8. The quantitative estimate of drug-likeness (QED) is 0.0691. The maximum absolute atomic E-state index is 13.9. The number of halogens is 11. The lowest BCUT2D eigenvalue weighted by molar-refractivity contribution is 0.108. The van der Waals surface area contributed by atoms with Gasteiger partial charge in [-0.15, -0.1) is 0 Å². The average Bonchev–Trinajstić information content (AvgIpc) is 1.56. The van der Waals surface area contributed by atoms with Crippen molar-refractivity contribution in [1.82, 2.24) is 39.9 Å². The van der Waals surface area contributed by atoms with E-state index in [0.717, 1.165) is 93.4 Å². The summed E-state index contributed by atoms with van der Waals surface area (Å²) in [5.41, 5.74) is 40.6. The molecule has 8 nitrogen and oxygen atoms in total. The Balaban J connectivity index is 0.000000113. The molecule has 0 saturated carbocycles. The van der Waals surface area contributed by atoms with Gasteiger partial charge in [0, 0.05) is 211 Å². The molecule has 28 aromatic rings. The zero-order chi connectivity index (χ0) is 96.6. The summed E-state index contributed by atoms with van der Waals surface area (Å²) in [5.74, 6) is -0.568. The van der Waals surface area contributed by atoms with Crippen LogP contribution in [0.4, 0.5) is 50.1 Å². The largest absolute Gasteiger partial charge is 0.354 e. The Labute approximate surface area is 804 Å². The van der Waals surface area contributed by atoms with Crippen LogP contribution in [-0.4, -0.2) is 39.9 Å². The first-order chi connectivity index (χ1) is 69.6. The molecule has 0 radical (unpaired) electrons. The third-order valence-corrected chi connectivity index (χ3v) is 27.1. The summed E-state index contributed by atoms with van der Waals surface area (Å²) < 4.78 is 91.8. The second-order valence-corrected chi connectivity index (χ2v) is 35.1. The third-order valence-electron chi connectivity index (χ3n) is 27.1. The van der Waals surface area contributed by atoms with E-state index in [1.165, 1.54) is 211 Å². The monoisotopic (exact) mass is 1880 g/mol. The molecule has 0 spiro atoms. The fourth-order valence-electron chi connectivity index (χ4n) is 21.3. The van der Waals surface area contributed by atoms with E-state index in [4.69, 9.17) is 36.6 Å². The zero-order valence-corrected chi connectivity index (χ0v) is 76.4. The van der Waals surface area contributed by atoms with Gasteiger partial charge >= 0.3 is 0 Å². The van der Waals surface area contributed by atoms with Crippen molar-refractivity contribution in [3.8, 4) is 89.0 Å². The maximum atomic E-state index is 13.9. The first kappa shape index (κ1) is 91.8. The normalized spacial score (nSPS) is 11.2. The minimum atomic E-state index is -0.284. The molecule has 0 bridgehead atoms. The van der Waals surface area contributed by atoms with Crippen molar-refractivity contribution < 1.29 is 50.1 Å². The van der Waals surface area contributed by atoms with Crippen LogP contribution in [0, 0.1) is 32.4 Å². The Hall–Kier alpha value is -18.0. The van der Waals surface area contributed by atoms with Crippen molar-refractivity contribution in [2.75, 3.05) is 0 Å². The predicted octanol–water partition coefficient (Wildman–Crippen LogP) is 37.9. The predicted molar refractivity (Wildman–Crippen MR) is 570 cm³/mol. The number of para-hydroxylation sites is 8. The van der Waals surface area contributed by atoms with Gasteiger partial charge in [-0.3, -0.25) is 4.70 Å². The van der Waals surface area contributed by atoms with Crippen molar-refractivity contribution in [2.45, 2.75) is 20.8 Å². The minimum absolute atomic E-state index is 0. The minimum Gasteiger partial charge on any atom is -0.354 e. The van der Waals surface area contributed by atoms with Crippen LogP contribution in [0.5, 0.6) is 0 Å². The number of hydrogen-bond acceptors (Lipinski definition) is 0. The molecular weight excluding hydrogens is 1800 g/mol. The second kappa shape index (κ2) is 39.3. The summed E-state index contributed by atoms with van der Waals surface area (Å²) in [6, 6.07) is 141. The molecule has 0 aliphatic heterocycles. The van der Waals surface area contributed by atoms with Gasteiger partial charge in [-0.2, -0.15) is 0 Å². The van der Waals surface area contributed by atoms with E-state index in [-0.39, 0.29) is 16.3 Å². The number of H-pyrrole nitrogens is 8. The highest BCUT2D eigenvalue weighted by Gasteiger charge is 2.30. The second-order valence-electron chi connectivity index (χ2n) is 35.1. The summed E-state index contributed by atoms with van der Waals surface area (Å²) in [4.78, 5) is 30.0. The molecule has 0 unspecified atom stereocenters. The first-order valence-electron chi connectivity index (χ1n) is 45.9. The lowest BCUT2D eigenvalue weighted by Crippen LogP contribution is -1.91. The number of aromatic nitrogens is 8. The Morgan fingerprint density at radius 1 is 0.148 bits per heavy atom. The Morgan fingerprint density at radius 3 is 0.563 bits per heavy atom. The molecule has 28 rings (SSSR count). The van der Waals surface area contributed by atoms with E-state index in [0.29, 0.717) is 0 Å². The van der Waals surface area contributed by atoms with Crippen LogP contribution in [0.15, 0.2) is 406 Å². The van der Waals surface area contributed by atoms with Gasteiger partial charge in [-0.05, 0) is 138 Å². The molecular formula is C123H85F11N8. The van der Waals surface area contributed by atoms with Crippen LogP contribution in [-0.2, 0) is 0 Å². The Bertz CT molecular complexity index is 9240. The molecule has 20 aromatic carbocycles. The topological polar surface area (TPSA) is 126 Å². The van der Waals surface area contributed by atoms with Crippen LogP contribution in [0.25, 0.3) is 263 Å². The SMILES string of the molecule is Cc1ccc(-c2c(-c3ccc(C)cc3)c3c4ccccc4[nH]c3c3c2[nH]c2ccccc23)cc1.Cc1cccc(-c2c(-c3ccccc3)c3c4ccccc4[nH]c3c3c2[nH]c2ccccc23)c1.F.FF.FF.FF.FF.Fc1ccc(-c2c(-c3ccc(F)cc3)c3c4ccccc4[nH]c3c3c2[nH]c2ccccc23)cc1.c1ccc(-c2c(-c3ccccc3)c3c4ccccc4[nH]c3c3c2[nH]c2ccccc23)cc1. The van der Waals surface area contributed by atoms with Gasteiger partial charge in [-0.25, -0.2) is 8.78 Å². The van der Waals surface area contributed by atoms with Crippen molar-refractivity contribution in [1.29, 1.82) is 0 Å². The number of nitrogens with one attached hydrogen (secondary N) is 8. The van der Waals surface area contributed by atoms with Crippen LogP contribution in [0.3, 0.4) is 0 Å². The van der Waals surface area contributed by atoms with Crippen molar-refractivity contribution in [2.24, 2.45) is 0 Å². The van der Waals surface area contributed by atoms with Gasteiger partial charge in [0.05, 0.1) is 44.1 Å². The zero-order valence-electron chi connectivity index (χ0n) is 76.4. The molecule has 0 aliphatic carbocycles. The van der Waals surface area contributed by atoms with Gasteiger partial charge in [0.2, 0.25) is 0 Å². The molecule has 8 aromatic heterocycles. The van der Waals surface area contributed by atoms with Gasteiger partial charge in [-0.1, -0.05) is 350 Å². The van der Waals surface area contributed by atoms with Crippen molar-refractivity contribution >= 4 is 174 Å². The lowest BCUT2D eigenvalue weighted by Gasteiger charge is -2.15. The first-order valence-corrected chi connectivity index (χ1v) is 45.9. The molecule has 694 valence electrons. The molecule has 142 heavy (non-hydrogen) atoms. The van der Waals surface area contributed by atoms with Gasteiger partial charge in [0.25, 0.3) is 0 Å². The summed E-state index contributed by atoms with van der Waals surface area (Å²) in [5, 5.41) is 19.5. The van der Waals surface area contributed by atoms with Crippen LogP contribution < -0.4 is 0 Å². The number of fused-ring (bicyclic) bond motifs is 28. The molecule has 0 saturated heterocycles. The molecule has 0 amide bonds. The summed E-state index contributed by atoms with van der Waals surface area (Å²) in [7, 11) is 0. The standard InChI is InChI=1S/C32H24N2.C31H22N2.C30H18F2N2.C30H20N2.4F2.FH/c1-19-11-15-21(16-12-19)27-28(22-17-13-20(2)14-18-22)31-30(24-8-4-6-10-26(24)33-31)32-29(27)23-7-3-5-9-25(23)34-32;1-19-10-9-13-21(18-19)27-26(20-11-3-2-4-12-20)28-22-14-5-7-16-24(22)33-31(28)29-23-15-6-8-17-25(23)32-30(27)29;31-19-13-9-17(10-14-19)25-26(18-11-15-20(32)16-12-18)29-28(22-6-2-4-8-24(22)33-29)30-27(25)21-5-1-3-7-23(21)34-30;1-3-11-19(12-4-1)25-26(20-13-5-2-6-14-20)29-28(22-16-8-10-18-24(22)31-29)30-27(25)21-15-7-9-17-23(21)32-30;4*1-2;/h3-18,33-34H,1-2H3;2-18,32-33H,1H3;1-16,33-34H;1-18,31-32H;;;;;1H. The van der Waals surface area contributed by atoms with Gasteiger partial charge in [0.1, 0.15) is 11.6 Å². The fourth-order valence-corrected chi connectivity index (χ4v) is 21.3. The van der Waals surface area contributed by atoms with E-state index in [9.17, 15) is 8.78 Å². The van der Waals surface area contributed by atoms with E-state index in [1.54, 1.807) is 0 Å². The number of aromatic amines is 8. The smallest absolute Gasteiger partial charge is 0.123 e. The average molecular weight is 1880 g/mol. The number of benzene rings is 20. The maximum Gasteiger partial charge on any atom is 0.123 e. The Morgan fingerprint density at radius 2 is 0.324 bits per heavy atom. The van der Waals surface area contributed by atoms with E-state index >= 15 is 0 Å². The highest BCUT2D eigenvalue weighted by molar-refractivity contribution is 6.37. The van der Waals surface area contributed by atoms with Crippen molar-refractivity contribution in [3.05, 3.63) is 435 Å². The summed E-state index contributed by atoms with van der Waals surface area (Å²) in [6.45, 7) is 6.46. The fraction of sp³-hybridized carbons (Fsp3) is 0.0244. The van der Waals surface area contributed by atoms with Crippen LogP contribution in [0.2, 0.25) is 0 Å². The lowest BCUT2D eigenvalue weighted by atomic mass is 9.87. The summed E-state index contributed by atoms with van der Waals surface area (Å²) in [6.07, 6.45) is 0. The molecule has 8 heterocycles. The van der Waals surface area contributed by atoms with Crippen LogP contribution in [0.1, 0.15) is 16.7 Å². The highest BCUT2D eigenvalue weighted by Crippen LogP contribution is 2.55. The van der Waals surface area contributed by atoms with Crippen LogP contribution >= 0.6 is 0 Å². The molecule has 19 heteroatoms. The summed E-state index contributed by atoms with van der Waals surface area (Å²) >= 11 is 0. The third kappa shape index (κ3) is 15.8. The number of rotatable bonds is 8. The number of aryl methyl sites for hydroxylation is 3. The highest BCUT2D eigenvalue weighted by atomic mass is 20.0. The Kier molecular flexibility index (Phi) is 25.4. The molecule has 0 atom stereocenters. The molecule has 0 aliphatic rings. The van der Waals surface area contributed by atoms with E-state index in [1.807, 2.05) is 48.5 Å². The van der Waals surface area contributed by atoms with Gasteiger partial charge in [0.15, 0.2) is 0 Å². The van der Waals surface area contributed by atoms with Gasteiger partial charge < -0.3 is 39.9 Å². The molecule has 8 N–H and O–H groups in total. The van der Waals surface area contributed by atoms with Crippen molar-refractivity contribution in [3.63, 3.8) is 0 Å².